The van der Waals surface area contributed by atoms with Gasteiger partial charge in [-0.25, -0.2) is 0 Å². The Morgan fingerprint density at radius 3 is 3.00 bits per heavy atom. The predicted molar refractivity (Wildman–Crippen MR) is 81.4 cm³/mol. The highest BCUT2D eigenvalue weighted by Gasteiger charge is 2.42. The predicted octanol–water partition coefficient (Wildman–Crippen LogP) is 1.35. The Morgan fingerprint density at radius 1 is 1.45 bits per heavy atom. The van der Waals surface area contributed by atoms with Crippen LogP contribution < -0.4 is 5.32 Å². The number of rotatable bonds is 1. The number of piperidine rings is 1. The summed E-state index contributed by atoms with van der Waals surface area (Å²) >= 11 is 2.02. The van der Waals surface area contributed by atoms with Crippen LogP contribution in [0.15, 0.2) is 18.2 Å². The maximum absolute atomic E-state index is 12.6. The summed E-state index contributed by atoms with van der Waals surface area (Å²) in [6.45, 7) is 1.20. The SMILES string of the molecule is O=C1NCC2C1CCCN2C(=O)c1ccc(I)c(O)c1. The second kappa shape index (κ2) is 5.23. The molecule has 5 nitrogen and oxygen atoms in total. The minimum atomic E-state index is -0.108. The van der Waals surface area contributed by atoms with Crippen molar-refractivity contribution in [3.63, 3.8) is 0 Å². The summed E-state index contributed by atoms with van der Waals surface area (Å²) in [5.41, 5.74) is 0.475. The number of nitrogens with one attached hydrogen (secondary N) is 1. The number of halogens is 1. The number of hydrogen-bond acceptors (Lipinski definition) is 3. The van der Waals surface area contributed by atoms with E-state index >= 15 is 0 Å². The van der Waals surface area contributed by atoms with Gasteiger partial charge >= 0.3 is 0 Å². The zero-order valence-corrected chi connectivity index (χ0v) is 13.0. The highest BCUT2D eigenvalue weighted by molar-refractivity contribution is 14.1. The maximum Gasteiger partial charge on any atom is 0.254 e. The van der Waals surface area contributed by atoms with E-state index in [1.54, 1.807) is 17.0 Å². The van der Waals surface area contributed by atoms with Crippen LogP contribution >= 0.6 is 22.6 Å². The third kappa shape index (κ3) is 2.25. The molecule has 106 valence electrons. The number of aromatic hydroxyl groups is 1. The second-order valence-electron chi connectivity index (χ2n) is 5.23. The molecule has 1 aromatic carbocycles. The molecule has 3 rings (SSSR count). The van der Waals surface area contributed by atoms with E-state index in [-0.39, 0.29) is 29.5 Å². The van der Waals surface area contributed by atoms with Crippen LogP contribution in [-0.2, 0) is 4.79 Å². The highest BCUT2D eigenvalue weighted by Crippen LogP contribution is 2.29. The van der Waals surface area contributed by atoms with Crippen molar-refractivity contribution in [2.75, 3.05) is 13.1 Å². The summed E-state index contributed by atoms with van der Waals surface area (Å²) in [6.07, 6.45) is 1.69. The van der Waals surface area contributed by atoms with E-state index in [1.807, 2.05) is 22.6 Å². The number of phenolic OH excluding ortho intramolecular Hbond substituents is 1. The third-order valence-corrected chi connectivity index (χ3v) is 4.97. The van der Waals surface area contributed by atoms with Crippen molar-refractivity contribution in [1.82, 2.24) is 10.2 Å². The van der Waals surface area contributed by atoms with Crippen molar-refractivity contribution in [3.05, 3.63) is 27.3 Å². The van der Waals surface area contributed by atoms with E-state index in [0.717, 1.165) is 12.8 Å². The molecule has 1 aromatic rings. The number of likely N-dealkylation sites (tertiary alicyclic amines) is 1. The molecule has 0 radical (unpaired) electrons. The van der Waals surface area contributed by atoms with E-state index in [1.165, 1.54) is 6.07 Å². The molecule has 2 amide bonds. The van der Waals surface area contributed by atoms with Crippen molar-refractivity contribution in [1.29, 1.82) is 0 Å². The van der Waals surface area contributed by atoms with Crippen molar-refractivity contribution in [2.24, 2.45) is 5.92 Å². The van der Waals surface area contributed by atoms with Crippen molar-refractivity contribution in [2.45, 2.75) is 18.9 Å². The summed E-state index contributed by atoms with van der Waals surface area (Å²) in [5, 5.41) is 12.6. The molecule has 2 atom stereocenters. The first-order chi connectivity index (χ1) is 9.58. The van der Waals surface area contributed by atoms with Gasteiger partial charge in [-0.3, -0.25) is 9.59 Å². The molecule has 2 heterocycles. The minimum absolute atomic E-state index is 0.0508. The number of hydrogen-bond donors (Lipinski definition) is 2. The first-order valence-electron chi connectivity index (χ1n) is 6.65. The molecule has 20 heavy (non-hydrogen) atoms. The fourth-order valence-corrected chi connectivity index (χ4v) is 3.35. The second-order valence-corrected chi connectivity index (χ2v) is 6.39. The largest absolute Gasteiger partial charge is 0.507 e. The van der Waals surface area contributed by atoms with Crippen LogP contribution in [0.5, 0.6) is 5.75 Å². The van der Waals surface area contributed by atoms with E-state index in [9.17, 15) is 14.7 Å². The fourth-order valence-electron chi connectivity index (χ4n) is 3.02. The standard InChI is InChI=1S/C14H15IN2O3/c15-10-4-3-8(6-12(10)18)14(20)17-5-1-2-9-11(17)7-16-13(9)19/h3-4,6,9,11,18H,1-2,5,7H2,(H,16,19). The minimum Gasteiger partial charge on any atom is -0.507 e. The Bertz CT molecular complexity index is 576. The molecule has 2 unspecified atom stereocenters. The lowest BCUT2D eigenvalue weighted by Crippen LogP contribution is -2.48. The van der Waals surface area contributed by atoms with Gasteiger partial charge in [0.2, 0.25) is 5.91 Å². The zero-order chi connectivity index (χ0) is 14.3. The van der Waals surface area contributed by atoms with Crippen LogP contribution in [0.3, 0.4) is 0 Å². The van der Waals surface area contributed by atoms with Crippen molar-refractivity contribution < 1.29 is 14.7 Å². The number of benzene rings is 1. The molecule has 2 fully saturated rings. The monoisotopic (exact) mass is 386 g/mol. The number of fused-ring (bicyclic) bond motifs is 1. The van der Waals surface area contributed by atoms with Crippen molar-refractivity contribution >= 4 is 34.4 Å². The summed E-state index contributed by atoms with van der Waals surface area (Å²) in [4.78, 5) is 26.1. The number of carbonyl (C=O) groups excluding carboxylic acids is 2. The highest BCUT2D eigenvalue weighted by atomic mass is 127. The molecule has 0 bridgehead atoms. The summed E-state index contributed by atoms with van der Waals surface area (Å²) in [6, 6.07) is 4.89. The van der Waals surface area contributed by atoms with E-state index < -0.39 is 0 Å². The summed E-state index contributed by atoms with van der Waals surface area (Å²) in [5.74, 6) is -0.0170. The van der Waals surface area contributed by atoms with Crippen molar-refractivity contribution in [3.8, 4) is 5.75 Å². The van der Waals surface area contributed by atoms with Gasteiger partial charge in [0.25, 0.3) is 5.91 Å². The molecule has 0 aliphatic carbocycles. The van der Waals surface area contributed by atoms with Gasteiger partial charge in [-0.2, -0.15) is 0 Å². The van der Waals surface area contributed by atoms with Crippen LogP contribution in [0, 0.1) is 9.49 Å². The van der Waals surface area contributed by atoms with Crippen LogP contribution in [0.1, 0.15) is 23.2 Å². The Labute approximate surface area is 130 Å². The topological polar surface area (TPSA) is 69.6 Å². The molecule has 0 aromatic heterocycles. The van der Waals surface area contributed by atoms with E-state index in [2.05, 4.69) is 5.32 Å². The number of carbonyl (C=O) groups is 2. The smallest absolute Gasteiger partial charge is 0.254 e. The van der Waals surface area contributed by atoms with E-state index in [0.29, 0.717) is 22.2 Å². The lowest BCUT2D eigenvalue weighted by molar-refractivity contribution is -0.123. The average molecular weight is 386 g/mol. The van der Waals surface area contributed by atoms with Crippen LogP contribution in [0.2, 0.25) is 0 Å². The molecular weight excluding hydrogens is 371 g/mol. The fraction of sp³-hybridized carbons (Fsp3) is 0.429. The van der Waals surface area contributed by atoms with Gasteiger partial charge in [0.1, 0.15) is 5.75 Å². The van der Waals surface area contributed by atoms with Crippen LogP contribution in [0.4, 0.5) is 0 Å². The molecule has 2 saturated heterocycles. The first-order valence-corrected chi connectivity index (χ1v) is 7.73. The molecular formula is C14H15IN2O3. The van der Waals surface area contributed by atoms with Gasteiger partial charge < -0.3 is 15.3 Å². The Hall–Kier alpha value is -1.31. The molecule has 2 aliphatic rings. The summed E-state index contributed by atoms with van der Waals surface area (Å²) in [7, 11) is 0. The average Bonchev–Trinajstić information content (AvgIpc) is 2.83. The molecule has 2 aliphatic heterocycles. The van der Waals surface area contributed by atoms with Gasteiger partial charge in [0.15, 0.2) is 0 Å². The van der Waals surface area contributed by atoms with E-state index in [4.69, 9.17) is 0 Å². The lowest BCUT2D eigenvalue weighted by atomic mass is 9.91. The number of phenols is 1. The molecule has 2 N–H and O–H groups in total. The maximum atomic E-state index is 12.6. The van der Waals surface area contributed by atoms with Crippen LogP contribution in [-0.4, -0.2) is 41.0 Å². The number of amides is 2. The quantitative estimate of drug-likeness (QED) is 0.716. The molecule has 6 heteroatoms. The Balaban J connectivity index is 1.86. The normalized spacial score (nSPS) is 25.2. The number of nitrogens with zero attached hydrogens (tertiary/aromatic N) is 1. The summed E-state index contributed by atoms with van der Waals surface area (Å²) < 4.78 is 0.716. The van der Waals surface area contributed by atoms with Gasteiger partial charge in [0, 0.05) is 18.7 Å². The Kier molecular flexibility index (Phi) is 3.57. The van der Waals surface area contributed by atoms with Gasteiger partial charge in [-0.1, -0.05) is 0 Å². The zero-order valence-electron chi connectivity index (χ0n) is 10.8. The van der Waals surface area contributed by atoms with Gasteiger partial charge in [-0.05, 0) is 53.6 Å². The van der Waals surface area contributed by atoms with Gasteiger partial charge in [0.05, 0.1) is 15.5 Å². The Morgan fingerprint density at radius 2 is 2.25 bits per heavy atom. The first kappa shape index (κ1) is 13.7. The molecule has 0 saturated carbocycles. The lowest BCUT2D eigenvalue weighted by Gasteiger charge is -2.36. The van der Waals surface area contributed by atoms with Crippen LogP contribution in [0.25, 0.3) is 0 Å². The van der Waals surface area contributed by atoms with Gasteiger partial charge in [-0.15, -0.1) is 0 Å². The molecule has 0 spiro atoms. The third-order valence-electron chi connectivity index (χ3n) is 4.06.